The number of esters is 1. The van der Waals surface area contributed by atoms with E-state index in [0.29, 0.717) is 11.4 Å². The molecule has 19 heavy (non-hydrogen) atoms. The van der Waals surface area contributed by atoms with Crippen molar-refractivity contribution in [1.82, 2.24) is 4.90 Å². The monoisotopic (exact) mass is 266 g/mol. The number of nitrogens with two attached hydrogens (primary N) is 1. The Balaban J connectivity index is 2.43. The zero-order chi connectivity index (χ0) is 14.3. The van der Waals surface area contributed by atoms with Gasteiger partial charge >= 0.3 is 5.97 Å². The number of nitrogen functional groups attached to an aromatic ring is 1. The molecule has 0 radical (unpaired) electrons. The van der Waals surface area contributed by atoms with E-state index in [2.05, 4.69) is 0 Å². The Morgan fingerprint density at radius 3 is 2.63 bits per heavy atom. The molecule has 0 aliphatic carbocycles. The van der Waals surface area contributed by atoms with Crippen molar-refractivity contribution in [2.24, 2.45) is 0 Å². The van der Waals surface area contributed by atoms with Gasteiger partial charge in [0.2, 0.25) is 0 Å². The molecule has 0 aromatic heterocycles. The second-order valence-corrected chi connectivity index (χ2v) is 3.88. The van der Waals surface area contributed by atoms with Gasteiger partial charge in [0.25, 0.3) is 5.91 Å². The third-order valence-corrected chi connectivity index (χ3v) is 2.37. The quantitative estimate of drug-likeness (QED) is 0.604. The van der Waals surface area contributed by atoms with Crippen molar-refractivity contribution in [3.05, 3.63) is 24.3 Å². The third-order valence-electron chi connectivity index (χ3n) is 2.37. The Morgan fingerprint density at radius 2 is 2.00 bits per heavy atom. The lowest BCUT2D eigenvalue weighted by Gasteiger charge is -2.16. The van der Waals surface area contributed by atoms with E-state index in [-0.39, 0.29) is 25.7 Å². The van der Waals surface area contributed by atoms with Crippen molar-refractivity contribution in [3.8, 4) is 5.75 Å². The van der Waals surface area contributed by atoms with Gasteiger partial charge in [-0.1, -0.05) is 12.1 Å². The van der Waals surface area contributed by atoms with Crippen molar-refractivity contribution in [2.75, 3.05) is 32.5 Å². The Labute approximate surface area is 112 Å². The second kappa shape index (κ2) is 7.25. The van der Waals surface area contributed by atoms with E-state index in [1.54, 1.807) is 31.2 Å². The van der Waals surface area contributed by atoms with Crippen LogP contribution in [0.1, 0.15) is 6.92 Å². The van der Waals surface area contributed by atoms with Crippen molar-refractivity contribution in [2.45, 2.75) is 6.92 Å². The van der Waals surface area contributed by atoms with Crippen LogP contribution >= 0.6 is 0 Å². The van der Waals surface area contributed by atoms with E-state index >= 15 is 0 Å². The van der Waals surface area contributed by atoms with Crippen LogP contribution in [0.3, 0.4) is 0 Å². The summed E-state index contributed by atoms with van der Waals surface area (Å²) in [4.78, 5) is 24.2. The number of carbonyl (C=O) groups excluding carboxylic acids is 2. The Bertz CT molecular complexity index is 448. The Morgan fingerprint density at radius 1 is 1.32 bits per heavy atom. The molecule has 0 aliphatic rings. The topological polar surface area (TPSA) is 81.9 Å². The minimum Gasteiger partial charge on any atom is -0.482 e. The number of para-hydroxylation sites is 2. The molecule has 1 amide bonds. The number of ether oxygens (including phenoxy) is 2. The van der Waals surface area contributed by atoms with Gasteiger partial charge < -0.3 is 20.1 Å². The van der Waals surface area contributed by atoms with Gasteiger partial charge in [-0.15, -0.1) is 0 Å². The van der Waals surface area contributed by atoms with Gasteiger partial charge in [-0.3, -0.25) is 9.59 Å². The highest BCUT2D eigenvalue weighted by molar-refractivity contribution is 5.82. The first kappa shape index (κ1) is 14.8. The van der Waals surface area contributed by atoms with Crippen LogP contribution in [0.25, 0.3) is 0 Å². The highest BCUT2D eigenvalue weighted by Gasteiger charge is 2.14. The molecular formula is C13H18N2O4. The molecule has 0 bridgehead atoms. The zero-order valence-corrected chi connectivity index (χ0v) is 11.1. The summed E-state index contributed by atoms with van der Waals surface area (Å²) in [5, 5.41) is 0. The Hall–Kier alpha value is -2.24. The molecule has 0 saturated heterocycles. The maximum absolute atomic E-state index is 11.7. The molecule has 1 rings (SSSR count). The normalized spacial score (nSPS) is 9.79. The van der Waals surface area contributed by atoms with Gasteiger partial charge in [0.1, 0.15) is 12.3 Å². The molecule has 104 valence electrons. The maximum atomic E-state index is 11.7. The van der Waals surface area contributed by atoms with E-state index in [1.165, 1.54) is 11.9 Å². The fourth-order valence-electron chi connectivity index (χ4n) is 1.35. The van der Waals surface area contributed by atoms with Crippen LogP contribution in [0.5, 0.6) is 5.75 Å². The van der Waals surface area contributed by atoms with Crippen molar-refractivity contribution in [1.29, 1.82) is 0 Å². The molecule has 2 N–H and O–H groups in total. The molecule has 0 spiro atoms. The number of rotatable bonds is 6. The summed E-state index contributed by atoms with van der Waals surface area (Å²) in [6.07, 6.45) is 0. The molecule has 0 fully saturated rings. The minimum atomic E-state index is -0.447. The number of hydrogen-bond acceptors (Lipinski definition) is 5. The predicted molar refractivity (Wildman–Crippen MR) is 70.6 cm³/mol. The van der Waals surface area contributed by atoms with Crippen molar-refractivity contribution in [3.63, 3.8) is 0 Å². The number of carbonyl (C=O) groups is 2. The van der Waals surface area contributed by atoms with E-state index in [4.69, 9.17) is 15.2 Å². The molecule has 0 unspecified atom stereocenters. The van der Waals surface area contributed by atoms with Crippen LogP contribution < -0.4 is 10.5 Å². The average molecular weight is 266 g/mol. The van der Waals surface area contributed by atoms with Gasteiger partial charge in [-0.2, -0.15) is 0 Å². The molecule has 1 aromatic carbocycles. The average Bonchev–Trinajstić information content (AvgIpc) is 2.37. The van der Waals surface area contributed by atoms with Crippen LogP contribution in [-0.4, -0.2) is 43.6 Å². The molecule has 6 heteroatoms. The first-order valence-corrected chi connectivity index (χ1v) is 5.91. The molecular weight excluding hydrogens is 248 g/mol. The molecule has 0 heterocycles. The number of nitrogens with zero attached hydrogens (tertiary/aromatic N) is 1. The van der Waals surface area contributed by atoms with Gasteiger partial charge in [-0.25, -0.2) is 0 Å². The zero-order valence-electron chi connectivity index (χ0n) is 11.1. The molecule has 0 saturated carbocycles. The minimum absolute atomic E-state index is 0.0969. The molecule has 6 nitrogen and oxygen atoms in total. The summed E-state index contributed by atoms with van der Waals surface area (Å²) >= 11 is 0. The molecule has 1 aromatic rings. The van der Waals surface area contributed by atoms with Crippen molar-refractivity contribution < 1.29 is 19.1 Å². The summed E-state index contributed by atoms with van der Waals surface area (Å²) in [5.41, 5.74) is 6.14. The molecule has 0 aliphatic heterocycles. The van der Waals surface area contributed by atoms with Gasteiger partial charge in [0, 0.05) is 7.05 Å². The lowest BCUT2D eigenvalue weighted by molar-refractivity contribution is -0.148. The number of hydrogen-bond donors (Lipinski definition) is 1. The summed E-state index contributed by atoms with van der Waals surface area (Å²) in [5.74, 6) is -0.325. The van der Waals surface area contributed by atoms with Crippen LogP contribution in [0.15, 0.2) is 24.3 Å². The van der Waals surface area contributed by atoms with Gasteiger partial charge in [-0.05, 0) is 19.1 Å². The maximum Gasteiger partial charge on any atom is 0.325 e. The van der Waals surface area contributed by atoms with Gasteiger partial charge in [0.05, 0.1) is 12.3 Å². The first-order chi connectivity index (χ1) is 9.04. The summed E-state index contributed by atoms with van der Waals surface area (Å²) < 4.78 is 10.0. The van der Waals surface area contributed by atoms with E-state index in [0.717, 1.165) is 0 Å². The molecule has 0 atom stereocenters. The van der Waals surface area contributed by atoms with Crippen LogP contribution in [0, 0.1) is 0 Å². The lowest BCUT2D eigenvalue weighted by atomic mass is 10.3. The number of benzene rings is 1. The highest BCUT2D eigenvalue weighted by Crippen LogP contribution is 2.19. The lowest BCUT2D eigenvalue weighted by Crippen LogP contribution is -2.36. The van der Waals surface area contributed by atoms with E-state index < -0.39 is 5.97 Å². The standard InChI is InChI=1S/C13H18N2O4/c1-3-18-13(17)8-15(2)12(16)9-19-11-7-5-4-6-10(11)14/h4-7H,3,8-9,14H2,1-2H3. The van der Waals surface area contributed by atoms with Crippen LogP contribution in [-0.2, 0) is 14.3 Å². The number of likely N-dealkylation sites (N-methyl/N-ethyl adjacent to an activating group) is 1. The second-order valence-electron chi connectivity index (χ2n) is 3.88. The highest BCUT2D eigenvalue weighted by atomic mass is 16.5. The third kappa shape index (κ3) is 4.87. The SMILES string of the molecule is CCOC(=O)CN(C)C(=O)COc1ccccc1N. The van der Waals surface area contributed by atoms with E-state index in [9.17, 15) is 9.59 Å². The summed E-state index contributed by atoms with van der Waals surface area (Å²) in [6, 6.07) is 6.89. The summed E-state index contributed by atoms with van der Waals surface area (Å²) in [6.45, 7) is 1.73. The van der Waals surface area contributed by atoms with Gasteiger partial charge in [0.15, 0.2) is 6.61 Å². The Kier molecular flexibility index (Phi) is 5.66. The fourth-order valence-corrected chi connectivity index (χ4v) is 1.35. The number of amides is 1. The van der Waals surface area contributed by atoms with E-state index in [1.807, 2.05) is 0 Å². The van der Waals surface area contributed by atoms with Crippen LogP contribution in [0.2, 0.25) is 0 Å². The summed E-state index contributed by atoms with van der Waals surface area (Å²) in [7, 11) is 1.51. The smallest absolute Gasteiger partial charge is 0.325 e. The fraction of sp³-hybridized carbons (Fsp3) is 0.385. The predicted octanol–water partition coefficient (Wildman–Crippen LogP) is 0.669. The van der Waals surface area contributed by atoms with Crippen LogP contribution in [0.4, 0.5) is 5.69 Å². The van der Waals surface area contributed by atoms with Crippen molar-refractivity contribution >= 4 is 17.6 Å². The largest absolute Gasteiger partial charge is 0.482 e. The first-order valence-electron chi connectivity index (χ1n) is 5.91. The number of anilines is 1.